The van der Waals surface area contributed by atoms with Crippen LogP contribution in [0.25, 0.3) is 0 Å². The maximum absolute atomic E-state index is 13.1. The number of thioether (sulfide) groups is 1. The number of hydrogen-bond acceptors (Lipinski definition) is 5. The van der Waals surface area contributed by atoms with Crippen molar-refractivity contribution in [1.82, 2.24) is 0 Å². The first kappa shape index (κ1) is 19.5. The fourth-order valence-corrected chi connectivity index (χ4v) is 3.52. The van der Waals surface area contributed by atoms with Gasteiger partial charge in [-0.3, -0.25) is 4.79 Å². The molecule has 5 nitrogen and oxygen atoms in total. The molecular weight excluding hydrogens is 338 g/mol. The summed E-state index contributed by atoms with van der Waals surface area (Å²) in [5.74, 6) is -0.0363. The second-order valence-electron chi connectivity index (χ2n) is 6.17. The molecule has 1 aliphatic heterocycles. The van der Waals surface area contributed by atoms with E-state index in [-0.39, 0.29) is 18.4 Å². The van der Waals surface area contributed by atoms with Gasteiger partial charge in [-0.25, -0.2) is 4.79 Å². The highest BCUT2D eigenvalue weighted by Gasteiger charge is 2.34. The minimum atomic E-state index is -0.835. The number of fused-ring (bicyclic) bond motifs is 1. The van der Waals surface area contributed by atoms with Crippen LogP contribution in [0.1, 0.15) is 20.8 Å². The fourth-order valence-electron chi connectivity index (χ4n) is 2.53. The summed E-state index contributed by atoms with van der Waals surface area (Å²) in [6.07, 6.45) is -0.00771. The second kappa shape index (κ2) is 9.06. The SMILES string of the molecule is C=CCOC(C)C(=O)OC(C(=O)N1CCSc2ccccc21)C(C)C. The molecule has 6 heteroatoms. The van der Waals surface area contributed by atoms with Crippen molar-refractivity contribution in [2.75, 3.05) is 23.8 Å². The Balaban J connectivity index is 2.14. The van der Waals surface area contributed by atoms with Gasteiger partial charge in [0.1, 0.15) is 0 Å². The molecule has 25 heavy (non-hydrogen) atoms. The highest BCUT2D eigenvalue weighted by atomic mass is 32.2. The topological polar surface area (TPSA) is 55.8 Å². The predicted octanol–water partition coefficient (Wildman–Crippen LogP) is 3.28. The molecule has 0 aliphatic carbocycles. The molecule has 2 atom stereocenters. The Kier molecular flexibility index (Phi) is 7.08. The van der Waals surface area contributed by atoms with Gasteiger partial charge in [-0.2, -0.15) is 0 Å². The first-order valence-corrected chi connectivity index (χ1v) is 9.40. The Labute approximate surface area is 153 Å². The molecule has 0 bridgehead atoms. The molecule has 0 saturated carbocycles. The van der Waals surface area contributed by atoms with Crippen LogP contribution in [-0.2, 0) is 19.1 Å². The molecular formula is C19H25NO4S. The van der Waals surface area contributed by atoms with Crippen LogP contribution in [0.2, 0.25) is 0 Å². The Morgan fingerprint density at radius 1 is 1.32 bits per heavy atom. The quantitative estimate of drug-likeness (QED) is 0.550. The lowest BCUT2D eigenvalue weighted by atomic mass is 10.1. The zero-order chi connectivity index (χ0) is 18.4. The number of para-hydroxylation sites is 1. The smallest absolute Gasteiger partial charge is 0.335 e. The van der Waals surface area contributed by atoms with Crippen LogP contribution in [0.15, 0.2) is 41.8 Å². The van der Waals surface area contributed by atoms with Gasteiger partial charge in [-0.05, 0) is 25.0 Å². The van der Waals surface area contributed by atoms with E-state index in [4.69, 9.17) is 9.47 Å². The summed E-state index contributed by atoms with van der Waals surface area (Å²) in [6, 6.07) is 7.79. The lowest BCUT2D eigenvalue weighted by Gasteiger charge is -2.33. The third-order valence-corrected chi connectivity index (χ3v) is 4.93. The van der Waals surface area contributed by atoms with Crippen LogP contribution in [-0.4, -0.2) is 43.0 Å². The van der Waals surface area contributed by atoms with Gasteiger partial charge in [0.15, 0.2) is 12.2 Å². The van der Waals surface area contributed by atoms with Crippen molar-refractivity contribution in [3.05, 3.63) is 36.9 Å². The van der Waals surface area contributed by atoms with E-state index < -0.39 is 18.2 Å². The molecule has 1 amide bonds. The highest BCUT2D eigenvalue weighted by molar-refractivity contribution is 7.99. The van der Waals surface area contributed by atoms with E-state index >= 15 is 0 Å². The lowest BCUT2D eigenvalue weighted by molar-refractivity contribution is -0.167. The van der Waals surface area contributed by atoms with Gasteiger partial charge in [-0.15, -0.1) is 18.3 Å². The number of hydrogen-bond donors (Lipinski definition) is 0. The van der Waals surface area contributed by atoms with E-state index in [9.17, 15) is 9.59 Å². The largest absolute Gasteiger partial charge is 0.450 e. The summed E-state index contributed by atoms with van der Waals surface area (Å²) in [5, 5.41) is 0. The molecule has 0 aromatic heterocycles. The number of benzene rings is 1. The van der Waals surface area contributed by atoms with Gasteiger partial charge >= 0.3 is 5.97 Å². The molecule has 1 heterocycles. The van der Waals surface area contributed by atoms with Gasteiger partial charge in [0.2, 0.25) is 0 Å². The summed E-state index contributed by atoms with van der Waals surface area (Å²) in [5.41, 5.74) is 0.876. The van der Waals surface area contributed by atoms with Gasteiger partial charge in [-0.1, -0.05) is 32.1 Å². The average Bonchev–Trinajstić information content (AvgIpc) is 2.62. The lowest BCUT2D eigenvalue weighted by Crippen LogP contribution is -2.47. The second-order valence-corrected chi connectivity index (χ2v) is 7.31. The number of carbonyl (C=O) groups excluding carboxylic acids is 2. The molecule has 0 saturated heterocycles. The van der Waals surface area contributed by atoms with E-state index in [0.717, 1.165) is 16.3 Å². The monoisotopic (exact) mass is 363 g/mol. The number of esters is 1. The normalized spacial score (nSPS) is 16.1. The standard InChI is InChI=1S/C19H25NO4S/c1-5-11-23-14(4)19(22)24-17(13(2)3)18(21)20-10-12-25-16-9-7-6-8-15(16)20/h5-9,13-14,17H,1,10-12H2,2-4H3. The summed E-state index contributed by atoms with van der Waals surface area (Å²) >= 11 is 1.73. The van der Waals surface area contributed by atoms with E-state index in [1.54, 1.807) is 29.7 Å². The molecule has 2 unspecified atom stereocenters. The maximum Gasteiger partial charge on any atom is 0.335 e. The molecule has 0 radical (unpaired) electrons. The Morgan fingerprint density at radius 3 is 2.72 bits per heavy atom. The Hall–Kier alpha value is -1.79. The molecule has 0 spiro atoms. The van der Waals surface area contributed by atoms with Crippen LogP contribution in [0.5, 0.6) is 0 Å². The summed E-state index contributed by atoms with van der Waals surface area (Å²) < 4.78 is 10.8. The van der Waals surface area contributed by atoms with Crippen molar-refractivity contribution < 1.29 is 19.1 Å². The summed E-state index contributed by atoms with van der Waals surface area (Å²) in [7, 11) is 0. The fraction of sp³-hybridized carbons (Fsp3) is 0.474. The van der Waals surface area contributed by atoms with Gasteiger partial charge < -0.3 is 14.4 Å². The summed E-state index contributed by atoms with van der Waals surface area (Å²) in [4.78, 5) is 28.1. The molecule has 0 fully saturated rings. The predicted molar refractivity (Wildman–Crippen MR) is 99.8 cm³/mol. The molecule has 136 valence electrons. The zero-order valence-electron chi connectivity index (χ0n) is 14.9. The van der Waals surface area contributed by atoms with Crippen LogP contribution >= 0.6 is 11.8 Å². The number of anilines is 1. The molecule has 0 N–H and O–H groups in total. The van der Waals surface area contributed by atoms with Crippen molar-refractivity contribution in [3.8, 4) is 0 Å². The highest BCUT2D eigenvalue weighted by Crippen LogP contribution is 2.35. The third-order valence-electron chi connectivity index (χ3n) is 3.88. The first-order chi connectivity index (χ1) is 12.0. The average molecular weight is 363 g/mol. The molecule has 1 aliphatic rings. The van der Waals surface area contributed by atoms with Gasteiger partial charge in [0.25, 0.3) is 5.91 Å². The number of ether oxygens (including phenoxy) is 2. The van der Waals surface area contributed by atoms with Crippen LogP contribution in [0.3, 0.4) is 0 Å². The molecule has 2 rings (SSSR count). The zero-order valence-corrected chi connectivity index (χ0v) is 15.8. The van der Waals surface area contributed by atoms with Gasteiger partial charge in [0, 0.05) is 17.2 Å². The minimum absolute atomic E-state index is 0.134. The van der Waals surface area contributed by atoms with Crippen molar-refractivity contribution in [1.29, 1.82) is 0 Å². The van der Waals surface area contributed by atoms with Crippen LogP contribution in [0.4, 0.5) is 5.69 Å². The first-order valence-electron chi connectivity index (χ1n) is 8.42. The Bertz CT molecular complexity index is 632. The molecule has 1 aromatic rings. The van der Waals surface area contributed by atoms with Crippen LogP contribution < -0.4 is 4.90 Å². The van der Waals surface area contributed by atoms with Crippen LogP contribution in [0, 0.1) is 5.92 Å². The van der Waals surface area contributed by atoms with E-state index in [0.29, 0.717) is 6.54 Å². The van der Waals surface area contributed by atoms with E-state index in [1.165, 1.54) is 0 Å². The number of carbonyl (C=O) groups is 2. The van der Waals surface area contributed by atoms with Crippen molar-refractivity contribution in [3.63, 3.8) is 0 Å². The van der Waals surface area contributed by atoms with Gasteiger partial charge in [0.05, 0.1) is 12.3 Å². The van der Waals surface area contributed by atoms with E-state index in [1.807, 2.05) is 38.1 Å². The van der Waals surface area contributed by atoms with Crippen molar-refractivity contribution in [2.24, 2.45) is 5.92 Å². The number of rotatable bonds is 7. The van der Waals surface area contributed by atoms with E-state index in [2.05, 4.69) is 6.58 Å². The summed E-state index contributed by atoms with van der Waals surface area (Å²) in [6.45, 7) is 9.76. The number of nitrogens with zero attached hydrogens (tertiary/aromatic N) is 1. The van der Waals surface area contributed by atoms with Crippen molar-refractivity contribution in [2.45, 2.75) is 37.9 Å². The Morgan fingerprint density at radius 2 is 2.04 bits per heavy atom. The molecule has 1 aromatic carbocycles. The number of amides is 1. The van der Waals surface area contributed by atoms with Crippen molar-refractivity contribution >= 4 is 29.3 Å². The maximum atomic E-state index is 13.1. The minimum Gasteiger partial charge on any atom is -0.450 e. The third kappa shape index (κ3) is 4.86.